The molecule has 0 radical (unpaired) electrons. The van der Waals surface area contributed by atoms with Crippen molar-refractivity contribution in [2.45, 2.75) is 46.0 Å². The average Bonchev–Trinajstić information content (AvgIpc) is 2.24. The fourth-order valence-electron chi connectivity index (χ4n) is 1.80. The molecule has 0 atom stereocenters. The van der Waals surface area contributed by atoms with Crippen molar-refractivity contribution in [3.63, 3.8) is 0 Å². The lowest BCUT2D eigenvalue weighted by Gasteiger charge is -2.23. The molecule has 0 saturated heterocycles. The fourth-order valence-corrected chi connectivity index (χ4v) is 1.80. The van der Waals surface area contributed by atoms with E-state index in [0.29, 0.717) is 13.0 Å². The fraction of sp³-hybridized carbons (Fsp3) is 0.533. The van der Waals surface area contributed by atoms with Gasteiger partial charge in [-0.15, -0.1) is 0 Å². The van der Waals surface area contributed by atoms with Crippen molar-refractivity contribution in [3.8, 4) is 5.75 Å². The molecule has 0 bridgehead atoms. The number of nitrogens with one attached hydrogen (secondary N) is 1. The third kappa shape index (κ3) is 4.40. The molecule has 100 valence electrons. The normalized spacial score (nSPS) is 11.3. The monoisotopic (exact) mass is 248 g/mol. The molecule has 0 heterocycles. The molecule has 0 spiro atoms. The number of aryl methyl sites for hydroxylation is 1. The van der Waals surface area contributed by atoms with Crippen LogP contribution in [-0.4, -0.2) is 12.4 Å². The molecule has 0 unspecified atom stereocenters. The van der Waals surface area contributed by atoms with Crippen LogP contribution in [0.25, 0.3) is 0 Å². The first-order valence-electron chi connectivity index (χ1n) is 6.37. The highest BCUT2D eigenvalue weighted by atomic mass is 16.5. The lowest BCUT2D eigenvalue weighted by Crippen LogP contribution is -2.15. The standard InChI is InChI=1S/C15H24N2O/c1-11-7-8-13(12(10-11)15(2,3)4)18-9-5-6-14(16)17/h7-8,10H,5-6,9H2,1-4H3,(H3,16,17). The Balaban J connectivity index is 2.73. The highest BCUT2D eigenvalue weighted by molar-refractivity contribution is 5.76. The molecule has 1 aromatic carbocycles. The van der Waals surface area contributed by atoms with Crippen LogP contribution in [0, 0.1) is 12.3 Å². The zero-order valence-electron chi connectivity index (χ0n) is 11.8. The molecular formula is C15H24N2O. The zero-order chi connectivity index (χ0) is 13.8. The van der Waals surface area contributed by atoms with Crippen LogP contribution in [0.15, 0.2) is 18.2 Å². The summed E-state index contributed by atoms with van der Waals surface area (Å²) < 4.78 is 5.82. The summed E-state index contributed by atoms with van der Waals surface area (Å²) in [6, 6.07) is 6.28. The minimum absolute atomic E-state index is 0.0714. The number of nitrogens with two attached hydrogens (primary N) is 1. The quantitative estimate of drug-likeness (QED) is 0.476. The molecule has 0 aliphatic heterocycles. The Kier molecular flexibility index (Phi) is 4.76. The third-order valence-electron chi connectivity index (χ3n) is 2.79. The van der Waals surface area contributed by atoms with Crippen LogP contribution in [-0.2, 0) is 5.41 Å². The second-order valence-corrected chi connectivity index (χ2v) is 5.73. The van der Waals surface area contributed by atoms with Gasteiger partial charge in [-0.25, -0.2) is 0 Å². The largest absolute Gasteiger partial charge is 0.493 e. The summed E-state index contributed by atoms with van der Waals surface area (Å²) >= 11 is 0. The number of ether oxygens (including phenoxy) is 1. The van der Waals surface area contributed by atoms with E-state index in [1.807, 2.05) is 6.07 Å². The summed E-state index contributed by atoms with van der Waals surface area (Å²) in [6.07, 6.45) is 1.38. The first-order valence-corrected chi connectivity index (χ1v) is 6.37. The van der Waals surface area contributed by atoms with Gasteiger partial charge in [0.25, 0.3) is 0 Å². The number of amidine groups is 1. The van der Waals surface area contributed by atoms with E-state index in [9.17, 15) is 0 Å². The van der Waals surface area contributed by atoms with Crippen molar-refractivity contribution >= 4 is 5.84 Å². The van der Waals surface area contributed by atoms with Crippen LogP contribution in [0.4, 0.5) is 0 Å². The Morgan fingerprint density at radius 1 is 1.33 bits per heavy atom. The maximum atomic E-state index is 7.17. The van der Waals surface area contributed by atoms with E-state index in [0.717, 1.165) is 12.2 Å². The Bertz CT molecular complexity index is 419. The van der Waals surface area contributed by atoms with E-state index in [-0.39, 0.29) is 11.3 Å². The average molecular weight is 248 g/mol. The summed E-state index contributed by atoms with van der Waals surface area (Å²) in [5.74, 6) is 1.16. The summed E-state index contributed by atoms with van der Waals surface area (Å²) in [5, 5.41) is 7.17. The van der Waals surface area contributed by atoms with Gasteiger partial charge in [0.05, 0.1) is 12.4 Å². The van der Waals surface area contributed by atoms with Gasteiger partial charge in [-0.2, -0.15) is 0 Å². The molecule has 0 fully saturated rings. The predicted molar refractivity (Wildman–Crippen MR) is 76.5 cm³/mol. The molecule has 1 rings (SSSR count). The van der Waals surface area contributed by atoms with Gasteiger partial charge in [0.1, 0.15) is 5.75 Å². The minimum Gasteiger partial charge on any atom is -0.493 e. The van der Waals surface area contributed by atoms with Crippen molar-refractivity contribution in [2.75, 3.05) is 6.61 Å². The first kappa shape index (κ1) is 14.6. The second kappa shape index (κ2) is 5.89. The molecule has 0 amide bonds. The third-order valence-corrected chi connectivity index (χ3v) is 2.79. The number of benzene rings is 1. The summed E-state index contributed by atoms with van der Waals surface area (Å²) in [5.41, 5.74) is 7.86. The molecule has 0 aromatic heterocycles. The van der Waals surface area contributed by atoms with Crippen molar-refractivity contribution in [1.82, 2.24) is 0 Å². The highest BCUT2D eigenvalue weighted by Gasteiger charge is 2.18. The number of hydrogen-bond donors (Lipinski definition) is 2. The molecule has 1 aromatic rings. The van der Waals surface area contributed by atoms with Gasteiger partial charge in [-0.1, -0.05) is 38.5 Å². The Morgan fingerprint density at radius 2 is 2.00 bits per heavy atom. The number of rotatable bonds is 5. The van der Waals surface area contributed by atoms with E-state index in [2.05, 4.69) is 39.8 Å². The molecule has 0 aliphatic rings. The molecule has 3 heteroatoms. The van der Waals surface area contributed by atoms with Crippen LogP contribution in [0.1, 0.15) is 44.7 Å². The molecule has 0 saturated carbocycles. The smallest absolute Gasteiger partial charge is 0.123 e. The van der Waals surface area contributed by atoms with E-state index >= 15 is 0 Å². The maximum Gasteiger partial charge on any atom is 0.123 e. The topological polar surface area (TPSA) is 59.1 Å². The Hall–Kier alpha value is -1.51. The Morgan fingerprint density at radius 3 is 2.56 bits per heavy atom. The maximum absolute atomic E-state index is 7.17. The molecular weight excluding hydrogens is 224 g/mol. The van der Waals surface area contributed by atoms with Gasteiger partial charge in [-0.3, -0.25) is 5.41 Å². The molecule has 3 nitrogen and oxygen atoms in total. The lowest BCUT2D eigenvalue weighted by atomic mass is 9.85. The van der Waals surface area contributed by atoms with Crippen LogP contribution in [0.2, 0.25) is 0 Å². The van der Waals surface area contributed by atoms with Gasteiger partial charge >= 0.3 is 0 Å². The van der Waals surface area contributed by atoms with Gasteiger partial charge in [0, 0.05) is 6.42 Å². The molecule has 0 aliphatic carbocycles. The van der Waals surface area contributed by atoms with Gasteiger partial charge in [-0.05, 0) is 30.4 Å². The van der Waals surface area contributed by atoms with E-state index in [4.69, 9.17) is 15.9 Å². The summed E-state index contributed by atoms with van der Waals surface area (Å²) in [4.78, 5) is 0. The van der Waals surface area contributed by atoms with E-state index < -0.39 is 0 Å². The van der Waals surface area contributed by atoms with Crippen molar-refractivity contribution in [3.05, 3.63) is 29.3 Å². The SMILES string of the molecule is Cc1ccc(OCCCC(=N)N)c(C(C)(C)C)c1. The van der Waals surface area contributed by atoms with Crippen LogP contribution in [0.3, 0.4) is 0 Å². The number of hydrogen-bond acceptors (Lipinski definition) is 2. The second-order valence-electron chi connectivity index (χ2n) is 5.73. The van der Waals surface area contributed by atoms with Gasteiger partial charge in [0.15, 0.2) is 0 Å². The van der Waals surface area contributed by atoms with Gasteiger partial charge < -0.3 is 10.5 Å². The zero-order valence-corrected chi connectivity index (χ0v) is 11.8. The molecule has 3 N–H and O–H groups in total. The van der Waals surface area contributed by atoms with E-state index in [1.165, 1.54) is 11.1 Å². The van der Waals surface area contributed by atoms with Crippen LogP contribution >= 0.6 is 0 Å². The predicted octanol–water partition coefficient (Wildman–Crippen LogP) is 3.39. The summed E-state index contributed by atoms with van der Waals surface area (Å²) in [6.45, 7) is 9.25. The summed E-state index contributed by atoms with van der Waals surface area (Å²) in [7, 11) is 0. The van der Waals surface area contributed by atoms with Gasteiger partial charge in [0.2, 0.25) is 0 Å². The lowest BCUT2D eigenvalue weighted by molar-refractivity contribution is 0.305. The molecule has 18 heavy (non-hydrogen) atoms. The van der Waals surface area contributed by atoms with Crippen molar-refractivity contribution in [1.29, 1.82) is 5.41 Å². The first-order chi connectivity index (χ1) is 8.30. The van der Waals surface area contributed by atoms with Crippen LogP contribution < -0.4 is 10.5 Å². The van der Waals surface area contributed by atoms with Crippen molar-refractivity contribution in [2.24, 2.45) is 5.73 Å². The highest BCUT2D eigenvalue weighted by Crippen LogP contribution is 2.32. The minimum atomic E-state index is 0.0714. The van der Waals surface area contributed by atoms with E-state index in [1.54, 1.807) is 0 Å². The Labute approximate surface area is 110 Å². The van der Waals surface area contributed by atoms with Crippen LogP contribution in [0.5, 0.6) is 5.75 Å². The van der Waals surface area contributed by atoms with Crippen molar-refractivity contribution < 1.29 is 4.74 Å².